The molecule has 0 spiro atoms. The summed E-state index contributed by atoms with van der Waals surface area (Å²) in [4.78, 5) is 33.9. The number of H-pyrrole nitrogens is 1. The maximum atomic E-state index is 13.7. The molecule has 0 aliphatic carbocycles. The van der Waals surface area contributed by atoms with Crippen molar-refractivity contribution in [3.05, 3.63) is 70.9 Å². The van der Waals surface area contributed by atoms with Crippen molar-refractivity contribution in [2.24, 2.45) is 0 Å². The minimum absolute atomic E-state index is 0.00807. The van der Waals surface area contributed by atoms with Gasteiger partial charge in [-0.25, -0.2) is 0 Å². The average Bonchev–Trinajstić information content (AvgIpc) is 3.21. The van der Waals surface area contributed by atoms with Crippen molar-refractivity contribution in [3.8, 4) is 0 Å². The second-order valence-electron chi connectivity index (χ2n) is 8.99. The van der Waals surface area contributed by atoms with E-state index in [0.717, 1.165) is 34.1 Å². The summed E-state index contributed by atoms with van der Waals surface area (Å²) < 4.78 is 0. The van der Waals surface area contributed by atoms with Gasteiger partial charge in [0.2, 0.25) is 5.91 Å². The number of carbonyl (C=O) groups is 2. The summed E-state index contributed by atoms with van der Waals surface area (Å²) in [6.45, 7) is 4.90. The van der Waals surface area contributed by atoms with Gasteiger partial charge in [0.05, 0.1) is 12.2 Å². The lowest BCUT2D eigenvalue weighted by molar-refractivity contribution is -0.166. The van der Waals surface area contributed by atoms with Crippen LogP contribution in [0.15, 0.2) is 48.5 Å². The number of aromatic nitrogens is 1. The van der Waals surface area contributed by atoms with Crippen LogP contribution in [0.2, 0.25) is 0 Å². The average molecular weight is 432 g/mol. The molecular formula is C26H29N3O3. The summed E-state index contributed by atoms with van der Waals surface area (Å²) in [7, 11) is 0. The van der Waals surface area contributed by atoms with E-state index in [1.165, 1.54) is 5.56 Å². The molecule has 2 amide bonds. The van der Waals surface area contributed by atoms with Crippen molar-refractivity contribution in [1.82, 2.24) is 14.8 Å². The zero-order valence-electron chi connectivity index (χ0n) is 18.6. The van der Waals surface area contributed by atoms with Gasteiger partial charge in [-0.1, -0.05) is 49.4 Å². The molecule has 2 N–H and O–H groups in total. The molecule has 0 radical (unpaired) electrons. The molecule has 2 aromatic carbocycles. The third-order valence-corrected chi connectivity index (χ3v) is 7.19. The van der Waals surface area contributed by atoms with E-state index in [9.17, 15) is 14.7 Å². The van der Waals surface area contributed by atoms with E-state index in [4.69, 9.17) is 0 Å². The summed E-state index contributed by atoms with van der Waals surface area (Å²) in [6, 6.07) is 16.7. The van der Waals surface area contributed by atoms with Crippen molar-refractivity contribution in [2.45, 2.75) is 38.1 Å². The SMILES string of the molecule is CCc1ccc([C@@H]2CN3C(=O)CN(CCCO)C(=O)[C@]3(C)c3[nH]c4ccccc4c32)cc1. The lowest BCUT2D eigenvalue weighted by atomic mass is 9.76. The number of fused-ring (bicyclic) bond motifs is 5. The Morgan fingerprint density at radius 2 is 1.88 bits per heavy atom. The van der Waals surface area contributed by atoms with Crippen LogP contribution in [-0.4, -0.2) is 57.9 Å². The molecule has 166 valence electrons. The molecule has 1 aromatic heterocycles. The lowest BCUT2D eigenvalue weighted by Crippen LogP contribution is -2.67. The predicted octanol–water partition coefficient (Wildman–Crippen LogP) is 3.14. The van der Waals surface area contributed by atoms with E-state index in [1.807, 2.05) is 25.1 Å². The van der Waals surface area contributed by atoms with Gasteiger partial charge in [-0.3, -0.25) is 9.59 Å². The Morgan fingerprint density at radius 1 is 1.12 bits per heavy atom. The monoisotopic (exact) mass is 431 g/mol. The van der Waals surface area contributed by atoms with Crippen molar-refractivity contribution < 1.29 is 14.7 Å². The fourth-order valence-corrected chi connectivity index (χ4v) is 5.40. The van der Waals surface area contributed by atoms with Crippen LogP contribution in [0.3, 0.4) is 0 Å². The first kappa shape index (κ1) is 20.8. The van der Waals surface area contributed by atoms with E-state index in [-0.39, 0.29) is 30.9 Å². The number of aromatic amines is 1. The Balaban J connectivity index is 1.70. The molecule has 2 atom stereocenters. The smallest absolute Gasteiger partial charge is 0.254 e. The second-order valence-corrected chi connectivity index (χ2v) is 8.99. The standard InChI is InChI=1S/C26H29N3O3/c1-3-17-9-11-18(12-10-17)20-15-29-22(31)16-28(13-6-14-30)25(32)26(29,2)24-23(20)19-7-4-5-8-21(19)27-24/h4-5,7-12,20,27,30H,3,6,13-16H2,1-2H3/t20-,26-/m0/s1. The second kappa shape index (κ2) is 7.78. The highest BCUT2D eigenvalue weighted by molar-refractivity contribution is 6.01. The van der Waals surface area contributed by atoms with Gasteiger partial charge >= 0.3 is 0 Å². The third-order valence-electron chi connectivity index (χ3n) is 7.19. The summed E-state index contributed by atoms with van der Waals surface area (Å²) in [5, 5.41) is 10.4. The number of hydrogen-bond donors (Lipinski definition) is 2. The lowest BCUT2D eigenvalue weighted by Gasteiger charge is -2.51. The van der Waals surface area contributed by atoms with Crippen LogP contribution < -0.4 is 0 Å². The molecule has 32 heavy (non-hydrogen) atoms. The molecule has 5 rings (SSSR count). The molecule has 0 saturated carbocycles. The molecule has 1 fully saturated rings. The van der Waals surface area contributed by atoms with E-state index in [2.05, 4.69) is 42.2 Å². The quantitative estimate of drug-likeness (QED) is 0.652. The zero-order valence-corrected chi connectivity index (χ0v) is 18.6. The van der Waals surface area contributed by atoms with Gasteiger partial charge < -0.3 is 19.9 Å². The van der Waals surface area contributed by atoms with Gasteiger partial charge in [-0.05, 0) is 42.5 Å². The topological polar surface area (TPSA) is 76.6 Å². The number of nitrogens with one attached hydrogen (secondary N) is 1. The van der Waals surface area contributed by atoms with E-state index >= 15 is 0 Å². The van der Waals surface area contributed by atoms with Crippen molar-refractivity contribution in [3.63, 3.8) is 0 Å². The zero-order chi connectivity index (χ0) is 22.5. The predicted molar refractivity (Wildman–Crippen MR) is 123 cm³/mol. The molecule has 0 unspecified atom stereocenters. The van der Waals surface area contributed by atoms with Crippen LogP contribution >= 0.6 is 0 Å². The number of amides is 2. The number of benzene rings is 2. The molecule has 6 heteroatoms. The Bertz CT molecular complexity index is 1180. The molecule has 2 aliphatic heterocycles. The molecule has 3 aromatic rings. The third kappa shape index (κ3) is 2.97. The molecule has 6 nitrogen and oxygen atoms in total. The fraction of sp³-hybridized carbons (Fsp3) is 0.385. The molecule has 0 bridgehead atoms. The summed E-state index contributed by atoms with van der Waals surface area (Å²) in [5.74, 6) is -0.150. The molecule has 1 saturated heterocycles. The molecular weight excluding hydrogens is 402 g/mol. The van der Waals surface area contributed by atoms with Crippen LogP contribution in [0, 0.1) is 0 Å². The van der Waals surface area contributed by atoms with Crippen molar-refractivity contribution >= 4 is 22.7 Å². The molecule has 3 heterocycles. The molecule has 2 aliphatic rings. The van der Waals surface area contributed by atoms with Crippen molar-refractivity contribution in [1.29, 1.82) is 0 Å². The van der Waals surface area contributed by atoms with E-state index < -0.39 is 5.54 Å². The van der Waals surface area contributed by atoms with Crippen LogP contribution in [0.25, 0.3) is 10.9 Å². The maximum Gasteiger partial charge on any atom is 0.254 e. The van der Waals surface area contributed by atoms with Gasteiger partial charge in [-0.2, -0.15) is 0 Å². The Hall–Kier alpha value is -3.12. The van der Waals surface area contributed by atoms with Crippen LogP contribution in [-0.2, 0) is 21.5 Å². The maximum absolute atomic E-state index is 13.7. The Morgan fingerprint density at radius 3 is 2.59 bits per heavy atom. The normalized spacial score (nSPS) is 22.9. The van der Waals surface area contributed by atoms with Gasteiger partial charge in [0.1, 0.15) is 0 Å². The van der Waals surface area contributed by atoms with Crippen LogP contribution in [0.1, 0.15) is 48.6 Å². The van der Waals surface area contributed by atoms with E-state index in [1.54, 1.807) is 9.80 Å². The van der Waals surface area contributed by atoms with Gasteiger partial charge in [0, 0.05) is 36.5 Å². The van der Waals surface area contributed by atoms with Gasteiger partial charge in [-0.15, -0.1) is 0 Å². The van der Waals surface area contributed by atoms with Gasteiger partial charge in [0.15, 0.2) is 5.54 Å². The first-order valence-electron chi connectivity index (χ1n) is 11.4. The Kier molecular flexibility index (Phi) is 5.05. The number of aryl methyl sites for hydroxylation is 1. The number of para-hydroxylation sites is 1. The highest BCUT2D eigenvalue weighted by Crippen LogP contribution is 2.48. The highest BCUT2D eigenvalue weighted by Gasteiger charge is 2.56. The highest BCUT2D eigenvalue weighted by atomic mass is 16.3. The minimum atomic E-state index is -1.08. The number of piperazine rings is 1. The summed E-state index contributed by atoms with van der Waals surface area (Å²) in [6.07, 6.45) is 1.44. The summed E-state index contributed by atoms with van der Waals surface area (Å²) in [5.41, 5.74) is 4.23. The van der Waals surface area contributed by atoms with Gasteiger partial charge in [0.25, 0.3) is 5.91 Å². The minimum Gasteiger partial charge on any atom is -0.396 e. The largest absolute Gasteiger partial charge is 0.396 e. The number of carbonyl (C=O) groups excluding carboxylic acids is 2. The number of aliphatic hydroxyl groups excluding tert-OH is 1. The van der Waals surface area contributed by atoms with Crippen molar-refractivity contribution in [2.75, 3.05) is 26.2 Å². The van der Waals surface area contributed by atoms with Crippen LogP contribution in [0.4, 0.5) is 0 Å². The number of hydrogen-bond acceptors (Lipinski definition) is 3. The first-order chi connectivity index (χ1) is 15.5. The number of aliphatic hydroxyl groups is 1. The van der Waals surface area contributed by atoms with Crippen LogP contribution in [0.5, 0.6) is 0 Å². The number of rotatable bonds is 5. The first-order valence-corrected chi connectivity index (χ1v) is 11.4. The number of nitrogens with zero attached hydrogens (tertiary/aromatic N) is 2. The fourth-order valence-electron chi connectivity index (χ4n) is 5.40. The Labute approximate surface area is 187 Å². The van der Waals surface area contributed by atoms with E-state index in [0.29, 0.717) is 19.5 Å². The summed E-state index contributed by atoms with van der Waals surface area (Å²) >= 11 is 0.